The van der Waals surface area contributed by atoms with Gasteiger partial charge in [-0.2, -0.15) is 0 Å². The summed E-state index contributed by atoms with van der Waals surface area (Å²) in [6.45, 7) is 3.70. The Kier molecular flexibility index (Phi) is 5.83. The lowest BCUT2D eigenvalue weighted by Gasteiger charge is -2.23. The molecule has 1 rings (SSSR count). The molecule has 6 heteroatoms. The summed E-state index contributed by atoms with van der Waals surface area (Å²) in [6.07, 6.45) is 0. The lowest BCUT2D eigenvalue weighted by Crippen LogP contribution is -2.53. The molecule has 1 aromatic carbocycles. The van der Waals surface area contributed by atoms with Gasteiger partial charge in [0.05, 0.1) is 19.1 Å². The van der Waals surface area contributed by atoms with Gasteiger partial charge in [0.1, 0.15) is 5.75 Å². The van der Waals surface area contributed by atoms with Crippen LogP contribution in [0.4, 0.5) is 4.79 Å². The normalized spacial score (nSPS) is 11.8. The van der Waals surface area contributed by atoms with Crippen LogP contribution in [0.3, 0.4) is 0 Å². The molecule has 0 aliphatic heterocycles. The predicted octanol–water partition coefficient (Wildman–Crippen LogP) is 0.269. The summed E-state index contributed by atoms with van der Waals surface area (Å²) < 4.78 is 5.03. The number of hydrogen-bond donors (Lipinski definition) is 2. The molecule has 0 aliphatic rings. The van der Waals surface area contributed by atoms with Gasteiger partial charge in [0.25, 0.3) is 0 Å². The molecule has 20 heavy (non-hydrogen) atoms. The van der Waals surface area contributed by atoms with E-state index in [2.05, 4.69) is 10.6 Å². The number of benzene rings is 1. The van der Waals surface area contributed by atoms with Crippen molar-refractivity contribution < 1.29 is 19.4 Å². The van der Waals surface area contributed by atoms with E-state index < -0.39 is 18.0 Å². The van der Waals surface area contributed by atoms with Crippen LogP contribution in [0.15, 0.2) is 24.3 Å². The quantitative estimate of drug-likeness (QED) is 0.782. The van der Waals surface area contributed by atoms with Crippen LogP contribution in [0.1, 0.15) is 19.4 Å². The Morgan fingerprint density at radius 2 is 1.85 bits per heavy atom. The Morgan fingerprint density at radius 1 is 1.25 bits per heavy atom. The molecule has 0 saturated carbocycles. The number of ether oxygens (including phenoxy) is 1. The molecule has 2 amide bonds. The highest BCUT2D eigenvalue weighted by atomic mass is 16.5. The Bertz CT molecular complexity index is 457. The van der Waals surface area contributed by atoms with Gasteiger partial charge >= 0.3 is 6.03 Å². The number of rotatable bonds is 6. The first-order valence-corrected chi connectivity index (χ1v) is 6.32. The second-order valence-electron chi connectivity index (χ2n) is 4.72. The molecule has 110 valence electrons. The zero-order chi connectivity index (χ0) is 15.1. The van der Waals surface area contributed by atoms with E-state index >= 15 is 0 Å². The smallest absolute Gasteiger partial charge is 0.315 e. The zero-order valence-corrected chi connectivity index (χ0v) is 11.8. The molecule has 6 nitrogen and oxygen atoms in total. The van der Waals surface area contributed by atoms with E-state index in [1.54, 1.807) is 33.1 Å². The number of carboxylic acids is 1. The highest BCUT2D eigenvalue weighted by Crippen LogP contribution is 2.10. The van der Waals surface area contributed by atoms with Crippen LogP contribution in [-0.4, -0.2) is 25.2 Å². The first kappa shape index (κ1) is 15.8. The monoisotopic (exact) mass is 279 g/mol. The average Bonchev–Trinajstić information content (AvgIpc) is 2.42. The standard InChI is InChI=1S/C14H20N2O4/c1-9(2)12(13(17)18)16-14(19)15-8-10-4-6-11(20-3)7-5-10/h4-7,9,12H,8H2,1-3H3,(H,17,18)(H2,15,16,19)/p-1/t12-/m0/s1. The molecular weight excluding hydrogens is 260 g/mol. The number of carbonyl (C=O) groups excluding carboxylic acids is 2. The van der Waals surface area contributed by atoms with Crippen LogP contribution in [0.5, 0.6) is 5.75 Å². The van der Waals surface area contributed by atoms with Crippen molar-refractivity contribution >= 4 is 12.0 Å². The van der Waals surface area contributed by atoms with Gasteiger partial charge in [0.2, 0.25) is 0 Å². The van der Waals surface area contributed by atoms with E-state index in [1.807, 2.05) is 12.1 Å². The van der Waals surface area contributed by atoms with Crippen molar-refractivity contribution in [3.63, 3.8) is 0 Å². The van der Waals surface area contributed by atoms with Crippen molar-refractivity contribution in [1.82, 2.24) is 10.6 Å². The number of amides is 2. The van der Waals surface area contributed by atoms with E-state index in [4.69, 9.17) is 4.74 Å². The number of methoxy groups -OCH3 is 1. The Balaban J connectivity index is 2.47. The highest BCUT2D eigenvalue weighted by molar-refractivity contribution is 5.81. The molecule has 0 unspecified atom stereocenters. The molecule has 0 bridgehead atoms. The van der Waals surface area contributed by atoms with Crippen molar-refractivity contribution in [2.45, 2.75) is 26.4 Å². The van der Waals surface area contributed by atoms with Crippen LogP contribution in [-0.2, 0) is 11.3 Å². The summed E-state index contributed by atoms with van der Waals surface area (Å²) >= 11 is 0. The maximum absolute atomic E-state index is 11.6. The lowest BCUT2D eigenvalue weighted by molar-refractivity contribution is -0.309. The largest absolute Gasteiger partial charge is 0.548 e. The topological polar surface area (TPSA) is 90.5 Å². The van der Waals surface area contributed by atoms with E-state index in [1.165, 1.54) is 0 Å². The minimum absolute atomic E-state index is 0.244. The van der Waals surface area contributed by atoms with Crippen molar-refractivity contribution in [2.24, 2.45) is 5.92 Å². The van der Waals surface area contributed by atoms with Crippen molar-refractivity contribution in [3.05, 3.63) is 29.8 Å². The first-order chi connectivity index (χ1) is 9.43. The van der Waals surface area contributed by atoms with E-state index in [-0.39, 0.29) is 5.92 Å². The van der Waals surface area contributed by atoms with Crippen LogP contribution >= 0.6 is 0 Å². The Labute approximate surface area is 118 Å². The van der Waals surface area contributed by atoms with Gasteiger partial charge in [-0.25, -0.2) is 4.79 Å². The summed E-state index contributed by atoms with van der Waals surface area (Å²) in [7, 11) is 1.58. The summed E-state index contributed by atoms with van der Waals surface area (Å²) in [5.74, 6) is -0.804. The fourth-order valence-electron chi connectivity index (χ4n) is 1.62. The van der Waals surface area contributed by atoms with Crippen molar-refractivity contribution in [2.75, 3.05) is 7.11 Å². The zero-order valence-electron chi connectivity index (χ0n) is 11.8. The van der Waals surface area contributed by atoms with Gasteiger partial charge in [-0.1, -0.05) is 26.0 Å². The van der Waals surface area contributed by atoms with Crippen LogP contribution in [0, 0.1) is 5.92 Å². The van der Waals surface area contributed by atoms with Gasteiger partial charge < -0.3 is 25.3 Å². The number of carboxylic acid groups (broad SMARTS) is 1. The second kappa shape index (κ2) is 7.37. The van der Waals surface area contributed by atoms with Gasteiger partial charge in [0, 0.05) is 6.54 Å². The molecule has 1 aromatic rings. The minimum atomic E-state index is -1.29. The first-order valence-electron chi connectivity index (χ1n) is 6.32. The molecule has 0 fully saturated rings. The molecule has 0 saturated heterocycles. The third-order valence-electron chi connectivity index (χ3n) is 2.82. The summed E-state index contributed by atoms with van der Waals surface area (Å²) in [5.41, 5.74) is 0.885. The average molecular weight is 279 g/mol. The summed E-state index contributed by atoms with van der Waals surface area (Å²) in [4.78, 5) is 22.5. The Morgan fingerprint density at radius 3 is 2.30 bits per heavy atom. The second-order valence-corrected chi connectivity index (χ2v) is 4.72. The fourth-order valence-corrected chi connectivity index (χ4v) is 1.62. The number of aliphatic carboxylic acids is 1. The van der Waals surface area contributed by atoms with Crippen molar-refractivity contribution in [3.8, 4) is 5.75 Å². The summed E-state index contributed by atoms with van der Waals surface area (Å²) in [6, 6.07) is 5.66. The molecule has 0 radical (unpaired) electrons. The van der Waals surface area contributed by atoms with Gasteiger partial charge in [-0.15, -0.1) is 0 Å². The number of carbonyl (C=O) groups is 2. The van der Waals surface area contributed by atoms with Crippen molar-refractivity contribution in [1.29, 1.82) is 0 Å². The minimum Gasteiger partial charge on any atom is -0.548 e. The molecule has 2 N–H and O–H groups in total. The maximum Gasteiger partial charge on any atom is 0.315 e. The van der Waals surface area contributed by atoms with Crippen LogP contribution < -0.4 is 20.5 Å². The van der Waals surface area contributed by atoms with Crippen LogP contribution in [0.25, 0.3) is 0 Å². The highest BCUT2D eigenvalue weighted by Gasteiger charge is 2.16. The number of hydrogen-bond acceptors (Lipinski definition) is 4. The molecule has 0 aliphatic carbocycles. The Hall–Kier alpha value is -2.24. The third kappa shape index (κ3) is 4.79. The van der Waals surface area contributed by atoms with Gasteiger partial charge in [0.15, 0.2) is 0 Å². The molecule has 0 spiro atoms. The fraction of sp³-hybridized carbons (Fsp3) is 0.429. The lowest BCUT2D eigenvalue weighted by atomic mass is 10.1. The maximum atomic E-state index is 11.6. The summed E-state index contributed by atoms with van der Waals surface area (Å²) in [5, 5.41) is 15.8. The van der Waals surface area contributed by atoms with Gasteiger partial charge in [-0.3, -0.25) is 0 Å². The molecular formula is C14H19N2O4-. The van der Waals surface area contributed by atoms with Crippen LogP contribution in [0.2, 0.25) is 0 Å². The van der Waals surface area contributed by atoms with E-state index in [0.717, 1.165) is 11.3 Å². The predicted molar refractivity (Wildman–Crippen MR) is 72.0 cm³/mol. The van der Waals surface area contributed by atoms with E-state index in [0.29, 0.717) is 6.54 Å². The molecule has 0 heterocycles. The molecule has 0 aromatic heterocycles. The third-order valence-corrected chi connectivity index (χ3v) is 2.82. The SMILES string of the molecule is COc1ccc(CNC(=O)N[C@H](C(=O)[O-])C(C)C)cc1. The number of urea groups is 1. The van der Waals surface area contributed by atoms with Gasteiger partial charge in [-0.05, 0) is 23.6 Å². The number of nitrogens with one attached hydrogen (secondary N) is 2. The molecule has 1 atom stereocenters. The van der Waals surface area contributed by atoms with E-state index in [9.17, 15) is 14.7 Å².